The molecule has 0 aromatic carbocycles. The number of carbonyl (C=O) groups is 5. The molecule has 2 aliphatic heterocycles. The number of rotatable bonds is 4. The molecule has 100 valence electrons. The van der Waals surface area contributed by atoms with E-state index < -0.39 is 41.4 Å². The van der Waals surface area contributed by atoms with Crippen LogP contribution in [0.3, 0.4) is 0 Å². The number of amides is 4. The zero-order valence-electron chi connectivity index (χ0n) is 10.2. The highest BCUT2D eigenvalue weighted by Gasteiger charge is 2.43. The van der Waals surface area contributed by atoms with Gasteiger partial charge in [-0.05, 0) is 6.42 Å². The Morgan fingerprint density at radius 1 is 1.32 bits per heavy atom. The van der Waals surface area contributed by atoms with Gasteiger partial charge in [0.15, 0.2) is 5.78 Å². The van der Waals surface area contributed by atoms with E-state index in [4.69, 9.17) is 0 Å². The van der Waals surface area contributed by atoms with Gasteiger partial charge in [0, 0.05) is 18.6 Å². The third-order valence-corrected chi connectivity index (χ3v) is 3.18. The van der Waals surface area contributed by atoms with E-state index >= 15 is 0 Å². The maximum absolute atomic E-state index is 12.2. The Morgan fingerprint density at radius 3 is 2.32 bits per heavy atom. The first kappa shape index (κ1) is 13.1. The third-order valence-electron chi connectivity index (χ3n) is 3.18. The predicted octanol–water partition coefficient (Wildman–Crippen LogP) is -1.08. The molecular weight excluding hydrogens is 252 g/mol. The molecule has 0 spiro atoms. The lowest BCUT2D eigenvalue weighted by Gasteiger charge is -2.25. The highest BCUT2D eigenvalue weighted by atomic mass is 16.2. The highest BCUT2D eigenvalue weighted by molar-refractivity contribution is 6.19. The molecule has 4 amide bonds. The van der Waals surface area contributed by atoms with Gasteiger partial charge in [0.2, 0.25) is 11.8 Å². The normalized spacial score (nSPS) is 24.1. The van der Waals surface area contributed by atoms with Gasteiger partial charge in [-0.3, -0.25) is 34.2 Å². The molecule has 2 aliphatic rings. The minimum absolute atomic E-state index is 0.204. The lowest BCUT2D eigenvalue weighted by atomic mass is 9.94. The number of imide groups is 2. The van der Waals surface area contributed by atoms with Gasteiger partial charge in [0.25, 0.3) is 11.8 Å². The molecule has 0 bridgehead atoms. The van der Waals surface area contributed by atoms with Gasteiger partial charge in [-0.25, -0.2) is 0 Å². The largest absolute Gasteiger partial charge is 0.296 e. The summed E-state index contributed by atoms with van der Waals surface area (Å²) < 4.78 is 0. The van der Waals surface area contributed by atoms with Gasteiger partial charge in [-0.2, -0.15) is 0 Å². The van der Waals surface area contributed by atoms with Crippen LogP contribution in [0.4, 0.5) is 0 Å². The maximum atomic E-state index is 12.2. The van der Waals surface area contributed by atoms with Crippen LogP contribution in [0.2, 0.25) is 0 Å². The van der Waals surface area contributed by atoms with E-state index in [2.05, 4.69) is 0 Å². The highest BCUT2D eigenvalue weighted by Crippen LogP contribution is 2.21. The first-order chi connectivity index (χ1) is 8.95. The van der Waals surface area contributed by atoms with Crippen LogP contribution in [0, 0.1) is 5.92 Å². The molecule has 1 fully saturated rings. The number of Topliss-reactive ketones (excluding diaryl/α,β-unsaturated/α-hetero) is 1. The number of nitrogens with one attached hydrogen (secondary N) is 1. The molecule has 2 rings (SSSR count). The lowest BCUT2D eigenvalue weighted by molar-refractivity contribution is -0.147. The Morgan fingerprint density at radius 2 is 1.89 bits per heavy atom. The summed E-state index contributed by atoms with van der Waals surface area (Å²) in [5, 5.41) is 2.04. The summed E-state index contributed by atoms with van der Waals surface area (Å²) in [4.78, 5) is 58.7. The van der Waals surface area contributed by atoms with Crippen molar-refractivity contribution in [3.63, 3.8) is 0 Å². The van der Waals surface area contributed by atoms with Crippen molar-refractivity contribution in [3.8, 4) is 0 Å². The van der Waals surface area contributed by atoms with E-state index in [-0.39, 0.29) is 12.8 Å². The first-order valence-electron chi connectivity index (χ1n) is 5.88. The smallest absolute Gasteiger partial charge is 0.254 e. The molecule has 0 aromatic rings. The van der Waals surface area contributed by atoms with Crippen molar-refractivity contribution in [3.05, 3.63) is 12.2 Å². The van der Waals surface area contributed by atoms with Crippen LogP contribution in [-0.4, -0.2) is 40.4 Å². The fourth-order valence-electron chi connectivity index (χ4n) is 2.25. The molecule has 2 unspecified atom stereocenters. The van der Waals surface area contributed by atoms with Crippen molar-refractivity contribution in [2.45, 2.75) is 25.8 Å². The van der Waals surface area contributed by atoms with Crippen LogP contribution in [0.1, 0.15) is 19.8 Å². The topological polar surface area (TPSA) is 101 Å². The van der Waals surface area contributed by atoms with E-state index in [1.165, 1.54) is 0 Å². The van der Waals surface area contributed by atoms with Crippen LogP contribution in [0.5, 0.6) is 0 Å². The summed E-state index contributed by atoms with van der Waals surface area (Å²) in [7, 11) is 0. The zero-order valence-corrected chi connectivity index (χ0v) is 10.2. The molecule has 19 heavy (non-hydrogen) atoms. The summed E-state index contributed by atoms with van der Waals surface area (Å²) in [6.45, 7) is 1.64. The third kappa shape index (κ3) is 2.18. The molecule has 0 aromatic heterocycles. The zero-order chi connectivity index (χ0) is 14.2. The Bertz CT molecular complexity index is 504. The van der Waals surface area contributed by atoms with Crippen molar-refractivity contribution in [1.82, 2.24) is 10.2 Å². The Labute approximate surface area is 108 Å². The average Bonchev–Trinajstić information content (AvgIpc) is 2.85. The average molecular weight is 264 g/mol. The fourth-order valence-corrected chi connectivity index (χ4v) is 2.25. The number of hydrogen-bond acceptors (Lipinski definition) is 5. The Hall–Kier alpha value is -2.31. The van der Waals surface area contributed by atoms with Gasteiger partial charge >= 0.3 is 0 Å². The summed E-state index contributed by atoms with van der Waals surface area (Å²) in [5.41, 5.74) is 0. The molecule has 0 radical (unpaired) electrons. The Kier molecular flexibility index (Phi) is 3.28. The monoisotopic (exact) mass is 264 g/mol. The molecule has 2 heterocycles. The maximum Gasteiger partial charge on any atom is 0.254 e. The molecule has 0 saturated carbocycles. The van der Waals surface area contributed by atoms with E-state index in [0.717, 1.165) is 17.1 Å². The minimum atomic E-state index is -1.11. The van der Waals surface area contributed by atoms with Crippen molar-refractivity contribution >= 4 is 29.4 Å². The minimum Gasteiger partial charge on any atom is -0.296 e. The fraction of sp³-hybridized carbons (Fsp3) is 0.417. The molecule has 7 heteroatoms. The van der Waals surface area contributed by atoms with Gasteiger partial charge in [-0.15, -0.1) is 0 Å². The van der Waals surface area contributed by atoms with Crippen LogP contribution < -0.4 is 5.32 Å². The summed E-state index contributed by atoms with van der Waals surface area (Å²) in [5.74, 6) is -4.02. The summed E-state index contributed by atoms with van der Waals surface area (Å²) in [6.07, 6.45) is 2.14. The molecule has 0 aliphatic carbocycles. The summed E-state index contributed by atoms with van der Waals surface area (Å²) in [6, 6.07) is -1.00. The van der Waals surface area contributed by atoms with E-state index in [1.54, 1.807) is 6.92 Å². The van der Waals surface area contributed by atoms with Gasteiger partial charge < -0.3 is 0 Å². The van der Waals surface area contributed by atoms with Crippen LogP contribution >= 0.6 is 0 Å². The van der Waals surface area contributed by atoms with Crippen molar-refractivity contribution in [2.24, 2.45) is 5.92 Å². The van der Waals surface area contributed by atoms with Gasteiger partial charge in [0.1, 0.15) is 5.92 Å². The molecule has 1 N–H and O–H groups in total. The SMILES string of the molecule is CCC(C(=O)C1CC(=O)NC1=O)N1C(=O)C=CC1=O. The Balaban J connectivity index is 2.21. The molecule has 1 saturated heterocycles. The van der Waals surface area contributed by atoms with E-state index in [1.807, 2.05) is 5.32 Å². The van der Waals surface area contributed by atoms with Gasteiger partial charge in [0.05, 0.1) is 6.04 Å². The second-order valence-electron chi connectivity index (χ2n) is 4.38. The lowest BCUT2D eigenvalue weighted by Crippen LogP contribution is -2.47. The van der Waals surface area contributed by atoms with Crippen LogP contribution in [-0.2, 0) is 24.0 Å². The summed E-state index contributed by atoms with van der Waals surface area (Å²) >= 11 is 0. The number of ketones is 1. The molecule has 7 nitrogen and oxygen atoms in total. The quantitative estimate of drug-likeness (QED) is 0.514. The van der Waals surface area contributed by atoms with Crippen LogP contribution in [0.15, 0.2) is 12.2 Å². The molecule has 2 atom stereocenters. The van der Waals surface area contributed by atoms with E-state index in [9.17, 15) is 24.0 Å². The van der Waals surface area contributed by atoms with Crippen LogP contribution in [0.25, 0.3) is 0 Å². The molecular formula is C12H12N2O5. The van der Waals surface area contributed by atoms with E-state index in [0.29, 0.717) is 0 Å². The van der Waals surface area contributed by atoms with Gasteiger partial charge in [-0.1, -0.05) is 6.92 Å². The number of carbonyl (C=O) groups excluding carboxylic acids is 5. The standard InChI is InChI=1S/C12H12N2O5/c1-2-7(14-9(16)3-4-10(14)17)11(18)6-5-8(15)13-12(6)19/h3-4,6-7H,2,5H2,1H3,(H,13,15,19). The second kappa shape index (κ2) is 4.75. The van der Waals surface area contributed by atoms with Crippen molar-refractivity contribution in [2.75, 3.05) is 0 Å². The number of nitrogens with zero attached hydrogens (tertiary/aromatic N) is 1. The second-order valence-corrected chi connectivity index (χ2v) is 4.38. The number of hydrogen-bond donors (Lipinski definition) is 1. The predicted molar refractivity (Wildman–Crippen MR) is 61.3 cm³/mol. The van der Waals surface area contributed by atoms with Crippen molar-refractivity contribution < 1.29 is 24.0 Å². The van der Waals surface area contributed by atoms with Crippen molar-refractivity contribution in [1.29, 1.82) is 0 Å². The first-order valence-corrected chi connectivity index (χ1v) is 5.88.